The number of amidine groups is 1. The number of nitrogens with zero attached hydrogens (tertiary/aromatic N) is 3. The second kappa shape index (κ2) is 8.19. The van der Waals surface area contributed by atoms with Crippen LogP contribution in [0, 0.1) is 20.8 Å². The Morgan fingerprint density at radius 1 is 0.844 bits per heavy atom. The second-order valence-corrected chi connectivity index (χ2v) is 10.0. The molecule has 3 aromatic rings. The fourth-order valence-corrected chi connectivity index (χ4v) is 6.05. The molecule has 0 saturated carbocycles. The molecular weight excluding hydrogens is 434 g/mol. The van der Waals surface area contributed by atoms with Crippen LogP contribution in [0.2, 0.25) is 0 Å². The third-order valence-corrected chi connectivity index (χ3v) is 8.12. The Balaban J connectivity index is 1.62. The van der Waals surface area contributed by atoms with Gasteiger partial charge in [0.05, 0.1) is 22.1 Å². The van der Waals surface area contributed by atoms with Crippen LogP contribution in [0.15, 0.2) is 86.6 Å². The van der Waals surface area contributed by atoms with Crippen LogP contribution in [0.4, 0.5) is 17.1 Å². The average molecular weight is 458 g/mol. The molecule has 0 aliphatic carbocycles. The maximum Gasteiger partial charge on any atom is 0.274 e. The maximum atomic E-state index is 13.7. The minimum Gasteiger partial charge on any atom is -0.337 e. The highest BCUT2D eigenvalue weighted by Crippen LogP contribution is 2.50. The summed E-state index contributed by atoms with van der Waals surface area (Å²) < 4.78 is 0. The van der Waals surface area contributed by atoms with E-state index in [4.69, 9.17) is 4.99 Å². The van der Waals surface area contributed by atoms with E-state index in [0.29, 0.717) is 10.1 Å². The summed E-state index contributed by atoms with van der Waals surface area (Å²) in [5.41, 5.74) is 6.36. The number of aliphatic imine (C=N–C) groups is 1. The molecule has 160 valence electrons. The lowest BCUT2D eigenvalue weighted by Gasteiger charge is -2.17. The monoisotopic (exact) mass is 457 g/mol. The third kappa shape index (κ3) is 3.63. The molecule has 6 heteroatoms. The highest BCUT2D eigenvalue weighted by atomic mass is 32.2. The third-order valence-electron chi connectivity index (χ3n) is 5.72. The van der Waals surface area contributed by atoms with Crippen molar-refractivity contribution in [2.24, 2.45) is 4.99 Å². The SMILES string of the molecule is Cc1ccc(N2C(=O)/C(=C3/Sc4ccccc4N3C)SC2=Nc2ccc(C)c(C)c2)cc1. The number of thioether (sulfide) groups is 2. The largest absolute Gasteiger partial charge is 0.337 e. The van der Waals surface area contributed by atoms with Gasteiger partial charge in [0.15, 0.2) is 5.17 Å². The van der Waals surface area contributed by atoms with Crippen LogP contribution in [0.3, 0.4) is 0 Å². The first-order valence-corrected chi connectivity index (χ1v) is 12.1. The Labute approximate surface area is 197 Å². The topological polar surface area (TPSA) is 35.9 Å². The molecule has 0 unspecified atom stereocenters. The van der Waals surface area contributed by atoms with Crippen molar-refractivity contribution in [3.8, 4) is 0 Å². The summed E-state index contributed by atoms with van der Waals surface area (Å²) in [6.07, 6.45) is 0. The predicted molar refractivity (Wildman–Crippen MR) is 137 cm³/mol. The summed E-state index contributed by atoms with van der Waals surface area (Å²) in [6.45, 7) is 6.22. The van der Waals surface area contributed by atoms with E-state index in [1.807, 2.05) is 56.4 Å². The molecule has 1 amide bonds. The summed E-state index contributed by atoms with van der Waals surface area (Å²) in [6, 6.07) is 22.4. The number of hydrogen-bond donors (Lipinski definition) is 0. The molecule has 0 N–H and O–H groups in total. The van der Waals surface area contributed by atoms with Gasteiger partial charge in [-0.15, -0.1) is 0 Å². The first-order valence-electron chi connectivity index (χ1n) is 10.4. The highest BCUT2D eigenvalue weighted by Gasteiger charge is 2.40. The molecule has 3 aromatic carbocycles. The normalized spacial score (nSPS) is 19.2. The van der Waals surface area contributed by atoms with Gasteiger partial charge in [-0.25, -0.2) is 4.99 Å². The number of hydrogen-bond acceptors (Lipinski definition) is 5. The van der Waals surface area contributed by atoms with Gasteiger partial charge >= 0.3 is 0 Å². The first-order chi connectivity index (χ1) is 15.4. The molecule has 1 fully saturated rings. The zero-order valence-corrected chi connectivity index (χ0v) is 20.1. The van der Waals surface area contributed by atoms with Crippen molar-refractivity contribution >= 4 is 51.7 Å². The van der Waals surface area contributed by atoms with Gasteiger partial charge in [0.1, 0.15) is 4.91 Å². The van der Waals surface area contributed by atoms with E-state index in [1.54, 1.807) is 16.7 Å². The van der Waals surface area contributed by atoms with Gasteiger partial charge in [-0.05, 0) is 80.1 Å². The molecule has 1 saturated heterocycles. The summed E-state index contributed by atoms with van der Waals surface area (Å²) in [4.78, 5) is 24.3. The minimum atomic E-state index is -0.0383. The van der Waals surface area contributed by atoms with Crippen molar-refractivity contribution in [3.63, 3.8) is 0 Å². The number of carbonyl (C=O) groups is 1. The summed E-state index contributed by atoms with van der Waals surface area (Å²) in [5.74, 6) is -0.0383. The van der Waals surface area contributed by atoms with E-state index < -0.39 is 0 Å². The molecule has 32 heavy (non-hydrogen) atoms. The number of para-hydroxylation sites is 1. The molecule has 0 aromatic heterocycles. The molecule has 5 rings (SSSR count). The van der Waals surface area contributed by atoms with Crippen molar-refractivity contribution in [3.05, 3.63) is 93.4 Å². The van der Waals surface area contributed by atoms with Crippen molar-refractivity contribution in [1.29, 1.82) is 0 Å². The number of amides is 1. The number of anilines is 2. The first kappa shape index (κ1) is 20.9. The lowest BCUT2D eigenvalue weighted by atomic mass is 10.1. The number of aryl methyl sites for hydroxylation is 3. The van der Waals surface area contributed by atoms with Gasteiger partial charge in [0, 0.05) is 11.9 Å². The Bertz CT molecular complexity index is 1290. The number of carbonyl (C=O) groups excluding carboxylic acids is 1. The average Bonchev–Trinajstić information content (AvgIpc) is 3.28. The van der Waals surface area contributed by atoms with Crippen LogP contribution < -0.4 is 9.80 Å². The fourth-order valence-electron chi connectivity index (χ4n) is 3.71. The van der Waals surface area contributed by atoms with E-state index in [1.165, 1.54) is 22.9 Å². The quantitative estimate of drug-likeness (QED) is 0.397. The highest BCUT2D eigenvalue weighted by molar-refractivity contribution is 8.20. The summed E-state index contributed by atoms with van der Waals surface area (Å²) in [5, 5.41) is 1.62. The summed E-state index contributed by atoms with van der Waals surface area (Å²) >= 11 is 3.09. The second-order valence-electron chi connectivity index (χ2n) is 8.00. The van der Waals surface area contributed by atoms with Gasteiger partial charge in [-0.2, -0.15) is 0 Å². The predicted octanol–water partition coefficient (Wildman–Crippen LogP) is 6.79. The lowest BCUT2D eigenvalue weighted by Crippen LogP contribution is -2.29. The Kier molecular flexibility index (Phi) is 5.35. The Hall–Kier alpha value is -2.96. The molecule has 0 bridgehead atoms. The van der Waals surface area contributed by atoms with E-state index >= 15 is 0 Å². The Morgan fingerprint density at radius 2 is 1.59 bits per heavy atom. The van der Waals surface area contributed by atoms with E-state index in [0.717, 1.165) is 32.6 Å². The lowest BCUT2D eigenvalue weighted by molar-refractivity contribution is -0.113. The van der Waals surface area contributed by atoms with E-state index in [2.05, 4.69) is 43.0 Å². The molecule has 2 aliphatic rings. The van der Waals surface area contributed by atoms with Crippen molar-refractivity contribution < 1.29 is 4.79 Å². The zero-order chi connectivity index (χ0) is 22.4. The maximum absolute atomic E-state index is 13.7. The molecule has 0 atom stereocenters. The molecular formula is C26H23N3OS2. The van der Waals surface area contributed by atoms with Crippen LogP contribution in [-0.4, -0.2) is 18.1 Å². The van der Waals surface area contributed by atoms with Gasteiger partial charge in [0.2, 0.25) is 0 Å². The van der Waals surface area contributed by atoms with Gasteiger partial charge in [-0.3, -0.25) is 9.69 Å². The number of rotatable bonds is 2. The van der Waals surface area contributed by atoms with Crippen LogP contribution in [0.1, 0.15) is 16.7 Å². The van der Waals surface area contributed by atoms with Crippen LogP contribution in [0.25, 0.3) is 0 Å². The number of fused-ring (bicyclic) bond motifs is 1. The molecule has 2 aliphatic heterocycles. The van der Waals surface area contributed by atoms with Crippen LogP contribution in [0.5, 0.6) is 0 Å². The number of benzene rings is 3. The van der Waals surface area contributed by atoms with Crippen molar-refractivity contribution in [2.75, 3.05) is 16.8 Å². The fraction of sp³-hybridized carbons (Fsp3) is 0.154. The van der Waals surface area contributed by atoms with Gasteiger partial charge in [-0.1, -0.05) is 47.7 Å². The van der Waals surface area contributed by atoms with Crippen molar-refractivity contribution in [1.82, 2.24) is 0 Å². The standard InChI is InChI=1S/C26H23N3OS2/c1-16-9-13-20(14-10-16)29-24(30)23(25-28(4)21-7-5-6-8-22(21)31-25)32-26(29)27-19-12-11-17(2)18(3)15-19/h5-15H,1-4H3/b25-23-,27-26?. The molecule has 2 heterocycles. The Morgan fingerprint density at radius 3 is 2.31 bits per heavy atom. The van der Waals surface area contributed by atoms with E-state index in [9.17, 15) is 4.79 Å². The molecule has 4 nitrogen and oxygen atoms in total. The van der Waals surface area contributed by atoms with Gasteiger partial charge in [0.25, 0.3) is 5.91 Å². The zero-order valence-electron chi connectivity index (χ0n) is 18.4. The minimum absolute atomic E-state index is 0.0383. The van der Waals surface area contributed by atoms with E-state index in [-0.39, 0.29) is 5.91 Å². The van der Waals surface area contributed by atoms with Crippen molar-refractivity contribution in [2.45, 2.75) is 25.7 Å². The van der Waals surface area contributed by atoms with Crippen LogP contribution in [-0.2, 0) is 4.79 Å². The summed E-state index contributed by atoms with van der Waals surface area (Å²) in [7, 11) is 2.02. The molecule has 0 radical (unpaired) electrons. The van der Waals surface area contributed by atoms with Gasteiger partial charge < -0.3 is 4.90 Å². The smallest absolute Gasteiger partial charge is 0.274 e. The molecule has 0 spiro atoms. The van der Waals surface area contributed by atoms with Crippen LogP contribution >= 0.6 is 23.5 Å².